The third kappa shape index (κ3) is 6.10. The maximum Gasteiger partial charge on any atom is 0.421 e. The molecule has 1 aromatic heterocycles. The van der Waals surface area contributed by atoms with Crippen molar-refractivity contribution in [1.82, 2.24) is 9.97 Å². The van der Waals surface area contributed by atoms with Gasteiger partial charge in [0.05, 0.1) is 0 Å². The van der Waals surface area contributed by atoms with Crippen LogP contribution in [-0.2, 0) is 12.8 Å². The van der Waals surface area contributed by atoms with E-state index in [1.807, 2.05) is 51.1 Å². The summed E-state index contributed by atoms with van der Waals surface area (Å²) in [6.45, 7) is 5.83. The van der Waals surface area contributed by atoms with Crippen molar-refractivity contribution in [3.63, 3.8) is 0 Å². The van der Waals surface area contributed by atoms with Crippen LogP contribution in [0.4, 0.5) is 24.7 Å². The van der Waals surface area contributed by atoms with Crippen LogP contribution >= 0.6 is 0 Å². The van der Waals surface area contributed by atoms with Crippen molar-refractivity contribution in [1.29, 1.82) is 0 Å². The Morgan fingerprint density at radius 1 is 0.968 bits per heavy atom. The molecular weight excluding hydrogens is 407 g/mol. The van der Waals surface area contributed by atoms with E-state index < -0.39 is 17.3 Å². The Hall–Kier alpha value is -3.29. The number of anilines is 2. The minimum atomic E-state index is -4.62. The largest absolute Gasteiger partial charge is 0.488 e. The van der Waals surface area contributed by atoms with Crippen LogP contribution < -0.4 is 14.4 Å². The molecule has 8 heteroatoms. The van der Waals surface area contributed by atoms with Gasteiger partial charge in [0.25, 0.3) is 0 Å². The molecule has 31 heavy (non-hydrogen) atoms. The predicted molar refractivity (Wildman–Crippen MR) is 113 cm³/mol. The molecule has 3 aromatic rings. The molecule has 0 saturated heterocycles. The zero-order valence-electron chi connectivity index (χ0n) is 17.8. The lowest BCUT2D eigenvalue weighted by Gasteiger charge is -2.25. The second-order valence-corrected chi connectivity index (χ2v) is 7.93. The fourth-order valence-electron chi connectivity index (χ4n) is 2.84. The van der Waals surface area contributed by atoms with Gasteiger partial charge < -0.3 is 14.4 Å². The van der Waals surface area contributed by atoms with Crippen LogP contribution in [0.3, 0.4) is 0 Å². The normalized spacial score (nSPS) is 11.8. The fraction of sp³-hybridized carbons (Fsp3) is 0.304. The second-order valence-electron chi connectivity index (χ2n) is 7.93. The maximum absolute atomic E-state index is 13.6. The first-order chi connectivity index (χ1) is 14.5. The molecule has 0 spiro atoms. The lowest BCUT2D eigenvalue weighted by molar-refractivity contribution is -0.137. The minimum absolute atomic E-state index is 0.138. The van der Waals surface area contributed by atoms with Gasteiger partial charge in [-0.25, -0.2) is 4.98 Å². The van der Waals surface area contributed by atoms with Crippen molar-refractivity contribution in [2.75, 3.05) is 11.9 Å². The summed E-state index contributed by atoms with van der Waals surface area (Å²) < 4.78 is 52.3. The Balaban J connectivity index is 1.92. The summed E-state index contributed by atoms with van der Waals surface area (Å²) in [5, 5.41) is 0. The number of ether oxygens (including phenoxy) is 2. The summed E-state index contributed by atoms with van der Waals surface area (Å²) in [5.74, 6) is 0.235. The van der Waals surface area contributed by atoms with Crippen LogP contribution in [0.1, 0.15) is 31.9 Å². The van der Waals surface area contributed by atoms with E-state index in [1.165, 1.54) is 11.9 Å². The van der Waals surface area contributed by atoms with Crippen LogP contribution in [0.5, 0.6) is 11.8 Å². The molecule has 0 unspecified atom stereocenters. The molecule has 164 valence electrons. The van der Waals surface area contributed by atoms with E-state index >= 15 is 0 Å². The number of rotatable bonds is 6. The number of benzene rings is 2. The van der Waals surface area contributed by atoms with Crippen molar-refractivity contribution in [2.24, 2.45) is 0 Å². The standard InChI is InChI=1S/C23H24F3N3O2/c1-22(2,3)31-18-12-8-11-17(13-18)29(4)20-19(23(24,25)26)14-27-21(28-20)30-15-16-9-6-5-7-10-16/h5-14H,15H2,1-4H3. The average Bonchev–Trinajstić information content (AvgIpc) is 2.70. The van der Waals surface area contributed by atoms with Crippen LogP contribution in [0.25, 0.3) is 0 Å². The van der Waals surface area contributed by atoms with Gasteiger partial charge in [-0.05, 0) is 38.5 Å². The summed E-state index contributed by atoms with van der Waals surface area (Å²) in [7, 11) is 1.51. The third-order valence-corrected chi connectivity index (χ3v) is 4.21. The molecule has 0 saturated carbocycles. The number of hydrogen-bond donors (Lipinski definition) is 0. The number of halogens is 3. The Kier molecular flexibility index (Phi) is 6.38. The van der Waals surface area contributed by atoms with Crippen LogP contribution in [0.15, 0.2) is 60.8 Å². The summed E-state index contributed by atoms with van der Waals surface area (Å²) in [4.78, 5) is 9.17. The fourth-order valence-corrected chi connectivity index (χ4v) is 2.84. The monoisotopic (exact) mass is 431 g/mol. The van der Waals surface area contributed by atoms with Crippen molar-refractivity contribution in [3.8, 4) is 11.8 Å². The molecule has 5 nitrogen and oxygen atoms in total. The van der Waals surface area contributed by atoms with E-state index in [1.54, 1.807) is 24.3 Å². The van der Waals surface area contributed by atoms with Crippen LogP contribution in [0, 0.1) is 0 Å². The van der Waals surface area contributed by atoms with E-state index in [-0.39, 0.29) is 18.4 Å². The highest BCUT2D eigenvalue weighted by Gasteiger charge is 2.37. The first-order valence-electron chi connectivity index (χ1n) is 9.67. The van der Waals surface area contributed by atoms with Crippen molar-refractivity contribution < 1.29 is 22.6 Å². The molecule has 1 heterocycles. The molecule has 0 aliphatic rings. The first kappa shape index (κ1) is 22.4. The molecule has 3 rings (SSSR count). The SMILES string of the molecule is CN(c1cccc(OC(C)(C)C)c1)c1nc(OCc2ccccc2)ncc1C(F)(F)F. The summed E-state index contributed by atoms with van der Waals surface area (Å²) >= 11 is 0. The van der Waals surface area contributed by atoms with Gasteiger partial charge in [0.15, 0.2) is 5.82 Å². The molecular formula is C23H24F3N3O2. The third-order valence-electron chi connectivity index (χ3n) is 4.21. The summed E-state index contributed by atoms with van der Waals surface area (Å²) in [6, 6.07) is 15.9. The first-order valence-corrected chi connectivity index (χ1v) is 9.67. The molecule has 0 fully saturated rings. The highest BCUT2D eigenvalue weighted by atomic mass is 19.4. The van der Waals surface area contributed by atoms with Gasteiger partial charge in [-0.2, -0.15) is 18.2 Å². The van der Waals surface area contributed by atoms with Crippen LogP contribution in [0.2, 0.25) is 0 Å². The summed E-state index contributed by atoms with van der Waals surface area (Å²) in [6.07, 6.45) is -3.88. The summed E-state index contributed by atoms with van der Waals surface area (Å²) in [5.41, 5.74) is -0.0566. The topological polar surface area (TPSA) is 47.5 Å². The quantitative estimate of drug-likeness (QED) is 0.478. The number of alkyl halides is 3. The molecule has 0 aliphatic heterocycles. The molecule has 0 aliphatic carbocycles. The van der Waals surface area contributed by atoms with Gasteiger partial charge in [-0.1, -0.05) is 36.4 Å². The Morgan fingerprint density at radius 3 is 2.32 bits per heavy atom. The van der Waals surface area contributed by atoms with Crippen molar-refractivity contribution >= 4 is 11.5 Å². The van der Waals surface area contributed by atoms with Gasteiger partial charge in [0.2, 0.25) is 0 Å². The van der Waals surface area contributed by atoms with Gasteiger partial charge in [0.1, 0.15) is 23.5 Å². The smallest absolute Gasteiger partial charge is 0.421 e. The zero-order chi connectivity index (χ0) is 22.6. The Bertz CT molecular complexity index is 1020. The van der Waals surface area contributed by atoms with E-state index in [0.29, 0.717) is 11.4 Å². The number of aromatic nitrogens is 2. The second kappa shape index (κ2) is 8.83. The van der Waals surface area contributed by atoms with E-state index in [9.17, 15) is 13.2 Å². The van der Waals surface area contributed by atoms with Crippen LogP contribution in [-0.4, -0.2) is 22.6 Å². The average molecular weight is 431 g/mol. The van der Waals surface area contributed by atoms with Crippen molar-refractivity contribution in [2.45, 2.75) is 39.2 Å². The molecule has 0 amide bonds. The Labute approximate surface area is 179 Å². The predicted octanol–water partition coefficient (Wildman–Crippen LogP) is 6.02. The van der Waals surface area contributed by atoms with Gasteiger partial charge in [-0.15, -0.1) is 0 Å². The lowest BCUT2D eigenvalue weighted by atomic mass is 10.2. The molecule has 0 bridgehead atoms. The minimum Gasteiger partial charge on any atom is -0.488 e. The van der Waals surface area contributed by atoms with Gasteiger partial charge in [0, 0.05) is 25.0 Å². The highest BCUT2D eigenvalue weighted by Crippen LogP contribution is 2.38. The highest BCUT2D eigenvalue weighted by molar-refractivity contribution is 5.64. The molecule has 2 aromatic carbocycles. The van der Waals surface area contributed by atoms with Gasteiger partial charge in [-0.3, -0.25) is 0 Å². The Morgan fingerprint density at radius 2 is 1.68 bits per heavy atom. The molecule has 0 radical (unpaired) electrons. The lowest BCUT2D eigenvalue weighted by Crippen LogP contribution is -2.23. The molecule has 0 atom stereocenters. The van der Waals surface area contributed by atoms with E-state index in [4.69, 9.17) is 9.47 Å². The van der Waals surface area contributed by atoms with E-state index in [2.05, 4.69) is 9.97 Å². The van der Waals surface area contributed by atoms with Crippen molar-refractivity contribution in [3.05, 3.63) is 71.9 Å². The number of hydrogen-bond acceptors (Lipinski definition) is 5. The number of nitrogens with zero attached hydrogens (tertiary/aromatic N) is 3. The maximum atomic E-state index is 13.6. The molecule has 0 N–H and O–H groups in total. The van der Waals surface area contributed by atoms with E-state index in [0.717, 1.165) is 11.8 Å². The van der Waals surface area contributed by atoms with Gasteiger partial charge >= 0.3 is 12.2 Å². The zero-order valence-corrected chi connectivity index (χ0v) is 17.8.